The molecular weight excluding hydrogens is 210 g/mol. The summed E-state index contributed by atoms with van der Waals surface area (Å²) >= 11 is 0. The summed E-state index contributed by atoms with van der Waals surface area (Å²) in [5, 5.41) is 0. The molecule has 1 aromatic heterocycles. The standard InChI is InChI=1S/C14H19N3/c1-3-7-17-8-6-16-14(17)10-12-5-4-11(2)13(15)9-12/h4-6,8-9H,3,7,10,15H2,1-2H3. The molecule has 0 aliphatic carbocycles. The number of benzene rings is 1. The van der Waals surface area contributed by atoms with Crippen LogP contribution in [0.2, 0.25) is 0 Å². The van der Waals surface area contributed by atoms with Gasteiger partial charge in [0.1, 0.15) is 5.82 Å². The second kappa shape index (κ2) is 5.04. The lowest BCUT2D eigenvalue weighted by molar-refractivity contribution is 0.647. The number of rotatable bonds is 4. The Hall–Kier alpha value is -1.77. The molecule has 3 heteroatoms. The molecule has 0 aliphatic heterocycles. The molecule has 1 aromatic carbocycles. The van der Waals surface area contributed by atoms with Crippen LogP contribution in [0.5, 0.6) is 0 Å². The highest BCUT2D eigenvalue weighted by Gasteiger charge is 2.04. The fourth-order valence-electron chi connectivity index (χ4n) is 1.93. The van der Waals surface area contributed by atoms with E-state index in [1.807, 2.05) is 25.4 Å². The Morgan fingerprint density at radius 2 is 2.18 bits per heavy atom. The maximum Gasteiger partial charge on any atom is 0.113 e. The van der Waals surface area contributed by atoms with E-state index in [0.29, 0.717) is 0 Å². The number of nitrogens with zero attached hydrogens (tertiary/aromatic N) is 2. The molecule has 0 bridgehead atoms. The van der Waals surface area contributed by atoms with Crippen LogP contribution in [0.25, 0.3) is 0 Å². The van der Waals surface area contributed by atoms with Crippen LogP contribution < -0.4 is 5.73 Å². The van der Waals surface area contributed by atoms with Crippen molar-refractivity contribution in [1.29, 1.82) is 0 Å². The number of imidazole rings is 1. The molecule has 3 nitrogen and oxygen atoms in total. The van der Waals surface area contributed by atoms with E-state index in [0.717, 1.165) is 36.5 Å². The third kappa shape index (κ3) is 2.67. The van der Waals surface area contributed by atoms with E-state index in [4.69, 9.17) is 5.73 Å². The fraction of sp³-hybridized carbons (Fsp3) is 0.357. The van der Waals surface area contributed by atoms with Gasteiger partial charge in [-0.05, 0) is 30.5 Å². The zero-order valence-electron chi connectivity index (χ0n) is 10.5. The van der Waals surface area contributed by atoms with Gasteiger partial charge in [-0.3, -0.25) is 0 Å². The van der Waals surface area contributed by atoms with Crippen molar-refractivity contribution in [3.05, 3.63) is 47.5 Å². The minimum atomic E-state index is 0.845. The van der Waals surface area contributed by atoms with E-state index in [2.05, 4.69) is 28.6 Å². The largest absolute Gasteiger partial charge is 0.399 e. The Bertz CT molecular complexity index is 500. The molecule has 0 aliphatic rings. The van der Waals surface area contributed by atoms with Gasteiger partial charge in [0, 0.05) is 31.0 Å². The maximum atomic E-state index is 5.92. The number of nitrogen functional groups attached to an aromatic ring is 1. The second-order valence-electron chi connectivity index (χ2n) is 4.40. The molecule has 0 saturated carbocycles. The van der Waals surface area contributed by atoms with Crippen LogP contribution in [0.3, 0.4) is 0 Å². The highest BCUT2D eigenvalue weighted by molar-refractivity contribution is 5.48. The predicted octanol–water partition coefficient (Wildman–Crippen LogP) is 2.77. The predicted molar refractivity (Wildman–Crippen MR) is 70.9 cm³/mol. The van der Waals surface area contributed by atoms with E-state index in [-0.39, 0.29) is 0 Å². The summed E-state index contributed by atoms with van der Waals surface area (Å²) in [6.07, 6.45) is 5.87. The van der Waals surface area contributed by atoms with Gasteiger partial charge in [0.25, 0.3) is 0 Å². The van der Waals surface area contributed by atoms with Gasteiger partial charge < -0.3 is 10.3 Å². The van der Waals surface area contributed by atoms with E-state index in [1.54, 1.807) is 0 Å². The zero-order valence-corrected chi connectivity index (χ0v) is 10.5. The van der Waals surface area contributed by atoms with Gasteiger partial charge >= 0.3 is 0 Å². The topological polar surface area (TPSA) is 43.8 Å². The maximum absolute atomic E-state index is 5.92. The Kier molecular flexibility index (Phi) is 3.47. The third-order valence-corrected chi connectivity index (χ3v) is 2.97. The van der Waals surface area contributed by atoms with Crippen molar-refractivity contribution < 1.29 is 0 Å². The van der Waals surface area contributed by atoms with Gasteiger partial charge in [-0.1, -0.05) is 19.1 Å². The summed E-state index contributed by atoms with van der Waals surface area (Å²) in [5.74, 6) is 1.11. The molecule has 0 fully saturated rings. The molecule has 2 rings (SSSR count). The SMILES string of the molecule is CCCn1ccnc1Cc1ccc(C)c(N)c1. The summed E-state index contributed by atoms with van der Waals surface area (Å²) in [4.78, 5) is 4.40. The molecule has 90 valence electrons. The highest BCUT2D eigenvalue weighted by atomic mass is 15.1. The number of aromatic nitrogens is 2. The van der Waals surface area contributed by atoms with Crippen molar-refractivity contribution in [3.63, 3.8) is 0 Å². The number of aryl methyl sites for hydroxylation is 2. The summed E-state index contributed by atoms with van der Waals surface area (Å²) in [6, 6.07) is 6.23. The molecular formula is C14H19N3. The van der Waals surface area contributed by atoms with Gasteiger partial charge in [-0.15, -0.1) is 0 Å². The molecule has 0 unspecified atom stereocenters. The highest BCUT2D eigenvalue weighted by Crippen LogP contribution is 2.15. The molecule has 2 N–H and O–H groups in total. The van der Waals surface area contributed by atoms with Crippen molar-refractivity contribution in [1.82, 2.24) is 9.55 Å². The van der Waals surface area contributed by atoms with E-state index in [9.17, 15) is 0 Å². The van der Waals surface area contributed by atoms with Gasteiger partial charge in [0.05, 0.1) is 0 Å². The van der Waals surface area contributed by atoms with Crippen LogP contribution in [-0.4, -0.2) is 9.55 Å². The Morgan fingerprint density at radius 1 is 1.35 bits per heavy atom. The van der Waals surface area contributed by atoms with Crippen molar-refractivity contribution in [2.24, 2.45) is 0 Å². The number of anilines is 1. The number of hydrogen-bond acceptors (Lipinski definition) is 2. The van der Waals surface area contributed by atoms with Crippen LogP contribution in [0.1, 0.15) is 30.3 Å². The van der Waals surface area contributed by atoms with E-state index < -0.39 is 0 Å². The van der Waals surface area contributed by atoms with Crippen molar-refractivity contribution in [2.45, 2.75) is 33.2 Å². The van der Waals surface area contributed by atoms with E-state index >= 15 is 0 Å². The van der Waals surface area contributed by atoms with Crippen molar-refractivity contribution in [3.8, 4) is 0 Å². The van der Waals surface area contributed by atoms with Crippen molar-refractivity contribution in [2.75, 3.05) is 5.73 Å². The molecule has 0 saturated heterocycles. The second-order valence-corrected chi connectivity index (χ2v) is 4.40. The molecule has 17 heavy (non-hydrogen) atoms. The molecule has 1 heterocycles. The van der Waals surface area contributed by atoms with Gasteiger partial charge in [-0.25, -0.2) is 4.98 Å². The zero-order chi connectivity index (χ0) is 12.3. The number of nitrogens with two attached hydrogens (primary N) is 1. The lowest BCUT2D eigenvalue weighted by Crippen LogP contribution is -2.04. The Morgan fingerprint density at radius 3 is 2.88 bits per heavy atom. The normalized spacial score (nSPS) is 10.7. The first-order valence-corrected chi connectivity index (χ1v) is 6.05. The van der Waals surface area contributed by atoms with Crippen molar-refractivity contribution >= 4 is 5.69 Å². The van der Waals surface area contributed by atoms with Crippen LogP contribution >= 0.6 is 0 Å². The van der Waals surface area contributed by atoms with Crippen LogP contribution in [-0.2, 0) is 13.0 Å². The minimum Gasteiger partial charge on any atom is -0.399 e. The summed E-state index contributed by atoms with van der Waals surface area (Å²) in [6.45, 7) is 5.22. The monoisotopic (exact) mass is 229 g/mol. The van der Waals surface area contributed by atoms with Gasteiger partial charge in [0.2, 0.25) is 0 Å². The lowest BCUT2D eigenvalue weighted by atomic mass is 10.1. The fourth-order valence-corrected chi connectivity index (χ4v) is 1.93. The minimum absolute atomic E-state index is 0.845. The summed E-state index contributed by atoms with van der Waals surface area (Å²) < 4.78 is 2.20. The molecule has 0 atom stereocenters. The number of hydrogen-bond donors (Lipinski definition) is 1. The average Bonchev–Trinajstić information content (AvgIpc) is 2.72. The van der Waals surface area contributed by atoms with Crippen LogP contribution in [0.15, 0.2) is 30.6 Å². The molecule has 0 spiro atoms. The average molecular weight is 229 g/mol. The summed E-state index contributed by atoms with van der Waals surface area (Å²) in [7, 11) is 0. The van der Waals surface area contributed by atoms with E-state index in [1.165, 1.54) is 5.56 Å². The first-order chi connectivity index (χ1) is 8.20. The first kappa shape index (κ1) is 11.7. The van der Waals surface area contributed by atoms with Crippen LogP contribution in [0, 0.1) is 6.92 Å². The lowest BCUT2D eigenvalue weighted by Gasteiger charge is -2.08. The third-order valence-electron chi connectivity index (χ3n) is 2.97. The molecule has 0 amide bonds. The van der Waals surface area contributed by atoms with Gasteiger partial charge in [0.15, 0.2) is 0 Å². The Balaban J connectivity index is 2.19. The summed E-state index contributed by atoms with van der Waals surface area (Å²) in [5.41, 5.74) is 9.13. The Labute approximate surface area is 102 Å². The first-order valence-electron chi connectivity index (χ1n) is 6.05. The quantitative estimate of drug-likeness (QED) is 0.819. The van der Waals surface area contributed by atoms with Crippen LogP contribution in [0.4, 0.5) is 5.69 Å². The van der Waals surface area contributed by atoms with Gasteiger partial charge in [-0.2, -0.15) is 0 Å². The smallest absolute Gasteiger partial charge is 0.113 e. The molecule has 0 radical (unpaired) electrons. The molecule has 2 aromatic rings.